The number of amides is 1. The largest absolute Gasteiger partial charge is 0.480 e. The minimum atomic E-state index is -0.570. The summed E-state index contributed by atoms with van der Waals surface area (Å²) in [5.74, 6) is 1.34. The molecule has 2 heterocycles. The fraction of sp³-hybridized carbons (Fsp3) is 0.190. The van der Waals surface area contributed by atoms with Gasteiger partial charge in [-0.05, 0) is 55.0 Å². The molecule has 26 heavy (non-hydrogen) atoms. The van der Waals surface area contributed by atoms with Gasteiger partial charge >= 0.3 is 0 Å². The third kappa shape index (κ3) is 3.33. The van der Waals surface area contributed by atoms with Crippen molar-refractivity contribution < 1.29 is 13.9 Å². The molecule has 0 radical (unpaired) electrons. The van der Waals surface area contributed by atoms with Gasteiger partial charge in [0, 0.05) is 17.1 Å². The molecule has 3 aromatic rings. The number of benzene rings is 2. The normalized spacial score (nSPS) is 15.4. The van der Waals surface area contributed by atoms with Crippen LogP contribution in [-0.2, 0) is 17.8 Å². The number of furan rings is 1. The molecule has 132 valence electrons. The topological polar surface area (TPSA) is 42.7 Å². The number of halogens is 1. The minimum absolute atomic E-state index is 0.0995. The Labute approximate surface area is 156 Å². The van der Waals surface area contributed by atoms with E-state index < -0.39 is 6.10 Å². The van der Waals surface area contributed by atoms with Gasteiger partial charge in [-0.15, -0.1) is 0 Å². The Morgan fingerprint density at radius 2 is 2.00 bits per heavy atom. The van der Waals surface area contributed by atoms with Crippen LogP contribution >= 0.6 is 11.6 Å². The summed E-state index contributed by atoms with van der Waals surface area (Å²) in [6, 6.07) is 17.0. The van der Waals surface area contributed by atoms with E-state index in [0.29, 0.717) is 18.0 Å². The molecule has 1 aliphatic heterocycles. The van der Waals surface area contributed by atoms with Crippen molar-refractivity contribution in [3.8, 4) is 5.75 Å². The van der Waals surface area contributed by atoms with E-state index >= 15 is 0 Å². The molecular formula is C21H18ClNO3. The van der Waals surface area contributed by atoms with Crippen LogP contribution in [0.5, 0.6) is 5.75 Å². The number of carbonyl (C=O) groups excluding carboxylic acids is 1. The number of anilines is 1. The molecule has 2 aromatic carbocycles. The molecule has 1 atom stereocenters. The molecule has 0 unspecified atom stereocenters. The highest BCUT2D eigenvalue weighted by atomic mass is 35.5. The smallest absolute Gasteiger partial charge is 0.268 e. The Hall–Kier alpha value is -2.72. The second-order valence-electron chi connectivity index (χ2n) is 6.40. The van der Waals surface area contributed by atoms with Crippen LogP contribution in [-0.4, -0.2) is 12.0 Å². The highest BCUT2D eigenvalue weighted by molar-refractivity contribution is 6.30. The second-order valence-corrected chi connectivity index (χ2v) is 6.84. The molecule has 1 aromatic heterocycles. The van der Waals surface area contributed by atoms with E-state index in [-0.39, 0.29) is 5.91 Å². The summed E-state index contributed by atoms with van der Waals surface area (Å²) in [6.45, 7) is 2.37. The number of fused-ring (bicyclic) bond motifs is 1. The van der Waals surface area contributed by atoms with Gasteiger partial charge in [-0.3, -0.25) is 4.79 Å². The summed E-state index contributed by atoms with van der Waals surface area (Å²) in [5.41, 5.74) is 2.91. The summed E-state index contributed by atoms with van der Waals surface area (Å²) in [7, 11) is 0. The van der Waals surface area contributed by atoms with E-state index in [1.165, 1.54) is 0 Å². The van der Waals surface area contributed by atoms with Gasteiger partial charge in [0.05, 0.1) is 12.8 Å². The van der Waals surface area contributed by atoms with Crippen molar-refractivity contribution in [1.29, 1.82) is 0 Å². The Balaban J connectivity index is 1.61. The number of hydrogen-bond donors (Lipinski definition) is 0. The lowest BCUT2D eigenvalue weighted by Crippen LogP contribution is -2.41. The van der Waals surface area contributed by atoms with Crippen LogP contribution in [0.3, 0.4) is 0 Å². The molecule has 0 saturated heterocycles. The number of carbonyl (C=O) groups is 1. The van der Waals surface area contributed by atoms with Gasteiger partial charge in [0.15, 0.2) is 6.10 Å². The molecule has 5 heteroatoms. The molecule has 1 amide bonds. The molecule has 4 rings (SSSR count). The Kier molecular flexibility index (Phi) is 4.43. The number of ether oxygens (including phenoxy) is 1. The fourth-order valence-corrected chi connectivity index (χ4v) is 3.30. The highest BCUT2D eigenvalue weighted by Gasteiger charge is 2.33. The van der Waals surface area contributed by atoms with Gasteiger partial charge in [-0.2, -0.15) is 0 Å². The molecule has 0 N–H and O–H groups in total. The van der Waals surface area contributed by atoms with Crippen molar-refractivity contribution >= 4 is 23.2 Å². The van der Waals surface area contributed by atoms with Gasteiger partial charge < -0.3 is 14.1 Å². The first-order valence-electron chi connectivity index (χ1n) is 8.45. The summed E-state index contributed by atoms with van der Waals surface area (Å²) in [6.07, 6.45) is 1.55. The van der Waals surface area contributed by atoms with Crippen LogP contribution < -0.4 is 9.64 Å². The average molecular weight is 368 g/mol. The zero-order chi connectivity index (χ0) is 18.1. The van der Waals surface area contributed by atoms with E-state index in [1.54, 1.807) is 17.2 Å². The van der Waals surface area contributed by atoms with E-state index in [0.717, 1.165) is 28.3 Å². The van der Waals surface area contributed by atoms with Crippen molar-refractivity contribution in [3.63, 3.8) is 0 Å². The van der Waals surface area contributed by atoms with Crippen molar-refractivity contribution in [2.45, 2.75) is 26.0 Å². The molecule has 4 nitrogen and oxygen atoms in total. The number of rotatable bonds is 4. The first kappa shape index (κ1) is 16.7. The van der Waals surface area contributed by atoms with Gasteiger partial charge in [0.2, 0.25) is 0 Å². The zero-order valence-electron chi connectivity index (χ0n) is 14.3. The first-order chi connectivity index (χ1) is 12.6. The van der Waals surface area contributed by atoms with Crippen LogP contribution in [0.4, 0.5) is 5.69 Å². The van der Waals surface area contributed by atoms with Gasteiger partial charge in [-0.25, -0.2) is 0 Å². The van der Waals surface area contributed by atoms with Crippen molar-refractivity contribution in [2.24, 2.45) is 0 Å². The summed E-state index contributed by atoms with van der Waals surface area (Å²) < 4.78 is 11.3. The number of nitrogens with zero attached hydrogens (tertiary/aromatic N) is 1. The lowest BCUT2D eigenvalue weighted by atomic mass is 10.1. The molecule has 0 aliphatic carbocycles. The SMILES string of the molecule is Cc1ccc(N(Cc2ccco2)C(=O)[C@@H]2Cc3cc(Cl)ccc3O2)cc1. The summed E-state index contributed by atoms with van der Waals surface area (Å²) in [4.78, 5) is 14.9. The predicted molar refractivity (Wildman–Crippen MR) is 101 cm³/mol. The number of hydrogen-bond acceptors (Lipinski definition) is 3. The average Bonchev–Trinajstić information content (AvgIpc) is 3.29. The van der Waals surface area contributed by atoms with Gasteiger partial charge in [-0.1, -0.05) is 29.3 Å². The van der Waals surface area contributed by atoms with Crippen molar-refractivity contribution in [2.75, 3.05) is 4.90 Å². The molecule has 0 spiro atoms. The third-order valence-electron chi connectivity index (χ3n) is 4.48. The van der Waals surface area contributed by atoms with Crippen LogP contribution in [0.2, 0.25) is 5.02 Å². The first-order valence-corrected chi connectivity index (χ1v) is 8.83. The molecule has 0 bridgehead atoms. The Morgan fingerprint density at radius 3 is 2.73 bits per heavy atom. The fourth-order valence-electron chi connectivity index (χ4n) is 3.11. The third-order valence-corrected chi connectivity index (χ3v) is 4.71. The van der Waals surface area contributed by atoms with Crippen LogP contribution in [0.25, 0.3) is 0 Å². The molecule has 1 aliphatic rings. The maximum atomic E-state index is 13.2. The summed E-state index contributed by atoms with van der Waals surface area (Å²) in [5, 5.41) is 0.645. The van der Waals surface area contributed by atoms with Crippen LogP contribution in [0, 0.1) is 6.92 Å². The standard InChI is InChI=1S/C21H18ClNO3/c1-14-4-7-17(8-5-14)23(13-18-3-2-10-25-18)21(24)20-12-15-11-16(22)6-9-19(15)26-20/h2-11,20H,12-13H2,1H3/t20-/m0/s1. The highest BCUT2D eigenvalue weighted by Crippen LogP contribution is 2.32. The predicted octanol–water partition coefficient (Wildman–Crippen LogP) is 4.78. The second kappa shape index (κ2) is 6.89. The van der Waals surface area contributed by atoms with E-state index in [2.05, 4.69) is 0 Å². The summed E-state index contributed by atoms with van der Waals surface area (Å²) >= 11 is 6.06. The van der Waals surface area contributed by atoms with E-state index in [9.17, 15) is 4.79 Å². The lowest BCUT2D eigenvalue weighted by Gasteiger charge is -2.25. The van der Waals surface area contributed by atoms with E-state index in [1.807, 2.05) is 55.5 Å². The lowest BCUT2D eigenvalue weighted by molar-refractivity contribution is -0.124. The maximum Gasteiger partial charge on any atom is 0.268 e. The van der Waals surface area contributed by atoms with Crippen molar-refractivity contribution in [3.05, 3.63) is 82.8 Å². The number of aryl methyl sites for hydroxylation is 1. The van der Waals surface area contributed by atoms with Gasteiger partial charge in [0.25, 0.3) is 5.91 Å². The Bertz CT molecular complexity index is 919. The molecule has 0 fully saturated rings. The molecule has 0 saturated carbocycles. The Morgan fingerprint density at radius 1 is 1.19 bits per heavy atom. The van der Waals surface area contributed by atoms with Gasteiger partial charge in [0.1, 0.15) is 11.5 Å². The quantitative estimate of drug-likeness (QED) is 0.666. The zero-order valence-corrected chi connectivity index (χ0v) is 15.1. The monoisotopic (exact) mass is 367 g/mol. The van der Waals surface area contributed by atoms with Crippen LogP contribution in [0.1, 0.15) is 16.9 Å². The molecular weight excluding hydrogens is 350 g/mol. The maximum absolute atomic E-state index is 13.2. The van der Waals surface area contributed by atoms with Crippen LogP contribution in [0.15, 0.2) is 65.3 Å². The van der Waals surface area contributed by atoms with E-state index in [4.69, 9.17) is 20.8 Å². The minimum Gasteiger partial charge on any atom is -0.480 e. The van der Waals surface area contributed by atoms with Crippen molar-refractivity contribution in [1.82, 2.24) is 0 Å².